The van der Waals surface area contributed by atoms with E-state index < -0.39 is 0 Å². The number of carbonyl (C=O) groups excluding carboxylic acids is 1. The van der Waals surface area contributed by atoms with Crippen LogP contribution in [0.15, 0.2) is 11.4 Å². The topological polar surface area (TPSA) is 58.4 Å². The predicted octanol–water partition coefficient (Wildman–Crippen LogP) is 1.94. The van der Waals surface area contributed by atoms with Gasteiger partial charge in [0, 0.05) is 13.1 Å². The number of hydrogen-bond acceptors (Lipinski definition) is 4. The summed E-state index contributed by atoms with van der Waals surface area (Å²) in [5.74, 6) is -0.0441. The standard InChI is InChI=1S/C13H21N3OS/c14-11-5-10-18-12(11)13(17)15-6-9-16-7-3-1-2-4-8-16/h5,10H,1-4,6-9,14H2,(H,15,17). The number of amides is 1. The molecule has 5 heteroatoms. The lowest BCUT2D eigenvalue weighted by Gasteiger charge is -2.19. The van der Waals surface area contributed by atoms with Crippen LogP contribution in [0.4, 0.5) is 5.69 Å². The van der Waals surface area contributed by atoms with E-state index in [4.69, 9.17) is 5.73 Å². The normalized spacial score (nSPS) is 17.3. The minimum Gasteiger partial charge on any atom is -0.397 e. The molecule has 2 rings (SSSR count). The number of nitrogen functional groups attached to an aromatic ring is 1. The van der Waals surface area contributed by atoms with Crippen LogP contribution in [0.1, 0.15) is 35.4 Å². The fourth-order valence-corrected chi connectivity index (χ4v) is 3.01. The van der Waals surface area contributed by atoms with Crippen molar-refractivity contribution in [2.45, 2.75) is 25.7 Å². The van der Waals surface area contributed by atoms with Crippen LogP contribution in [-0.2, 0) is 0 Å². The molecule has 1 aromatic heterocycles. The smallest absolute Gasteiger partial charge is 0.263 e. The monoisotopic (exact) mass is 267 g/mol. The molecule has 1 aliphatic heterocycles. The van der Waals surface area contributed by atoms with Crippen LogP contribution in [0, 0.1) is 0 Å². The van der Waals surface area contributed by atoms with Crippen LogP contribution in [0.3, 0.4) is 0 Å². The minimum absolute atomic E-state index is 0.0441. The molecule has 0 aromatic carbocycles. The number of thiophene rings is 1. The summed E-state index contributed by atoms with van der Waals surface area (Å²) in [6.45, 7) is 3.97. The highest BCUT2D eigenvalue weighted by atomic mass is 32.1. The highest BCUT2D eigenvalue weighted by molar-refractivity contribution is 7.12. The predicted molar refractivity (Wildman–Crippen MR) is 76.0 cm³/mol. The number of nitrogens with two attached hydrogens (primary N) is 1. The number of likely N-dealkylation sites (tertiary alicyclic amines) is 1. The zero-order valence-corrected chi connectivity index (χ0v) is 11.5. The summed E-state index contributed by atoms with van der Waals surface area (Å²) in [6.07, 6.45) is 5.25. The van der Waals surface area contributed by atoms with Crippen molar-refractivity contribution in [3.63, 3.8) is 0 Å². The number of nitrogens with one attached hydrogen (secondary N) is 1. The van der Waals surface area contributed by atoms with E-state index in [1.54, 1.807) is 6.07 Å². The first-order valence-corrected chi connectivity index (χ1v) is 7.49. The summed E-state index contributed by atoms with van der Waals surface area (Å²) in [6, 6.07) is 1.77. The van der Waals surface area contributed by atoms with Gasteiger partial charge in [0.15, 0.2) is 0 Å². The van der Waals surface area contributed by atoms with Gasteiger partial charge >= 0.3 is 0 Å². The zero-order valence-electron chi connectivity index (χ0n) is 10.7. The van der Waals surface area contributed by atoms with Gasteiger partial charge in [-0.2, -0.15) is 0 Å². The molecule has 4 nitrogen and oxygen atoms in total. The molecular weight excluding hydrogens is 246 g/mol. The summed E-state index contributed by atoms with van der Waals surface area (Å²) in [7, 11) is 0. The molecule has 0 radical (unpaired) electrons. The third-order valence-corrected chi connectivity index (χ3v) is 4.24. The van der Waals surface area contributed by atoms with E-state index in [9.17, 15) is 4.79 Å². The summed E-state index contributed by atoms with van der Waals surface area (Å²) in [5.41, 5.74) is 6.29. The number of nitrogens with zero attached hydrogens (tertiary/aromatic N) is 1. The molecule has 100 valence electrons. The maximum Gasteiger partial charge on any atom is 0.263 e. The summed E-state index contributed by atoms with van der Waals surface area (Å²) >= 11 is 1.40. The average Bonchev–Trinajstić information content (AvgIpc) is 2.63. The van der Waals surface area contributed by atoms with Gasteiger partial charge in [-0.1, -0.05) is 12.8 Å². The molecule has 18 heavy (non-hydrogen) atoms. The number of anilines is 1. The second-order valence-corrected chi connectivity index (χ2v) is 5.63. The zero-order chi connectivity index (χ0) is 12.8. The second kappa shape index (κ2) is 6.75. The molecule has 0 atom stereocenters. The first-order chi connectivity index (χ1) is 8.77. The largest absolute Gasteiger partial charge is 0.397 e. The molecule has 3 N–H and O–H groups in total. The SMILES string of the molecule is Nc1ccsc1C(=O)NCCN1CCCCCC1. The van der Waals surface area contributed by atoms with E-state index in [1.807, 2.05) is 5.38 Å². The molecule has 1 amide bonds. The third kappa shape index (κ3) is 3.71. The van der Waals surface area contributed by atoms with Crippen molar-refractivity contribution in [2.24, 2.45) is 0 Å². The van der Waals surface area contributed by atoms with Gasteiger partial charge in [-0.3, -0.25) is 4.79 Å². The van der Waals surface area contributed by atoms with Gasteiger partial charge < -0.3 is 16.0 Å². The van der Waals surface area contributed by atoms with E-state index in [2.05, 4.69) is 10.2 Å². The first kappa shape index (κ1) is 13.4. The lowest BCUT2D eigenvalue weighted by atomic mass is 10.2. The highest BCUT2D eigenvalue weighted by Gasteiger charge is 2.12. The molecule has 0 spiro atoms. The first-order valence-electron chi connectivity index (χ1n) is 6.61. The van der Waals surface area contributed by atoms with Crippen molar-refractivity contribution in [1.82, 2.24) is 10.2 Å². The maximum atomic E-state index is 11.8. The van der Waals surface area contributed by atoms with Crippen LogP contribution in [-0.4, -0.2) is 37.0 Å². The van der Waals surface area contributed by atoms with Crippen molar-refractivity contribution < 1.29 is 4.79 Å². The van der Waals surface area contributed by atoms with Gasteiger partial charge in [0.25, 0.3) is 5.91 Å². The number of carbonyl (C=O) groups is 1. The Morgan fingerprint density at radius 1 is 1.33 bits per heavy atom. The fraction of sp³-hybridized carbons (Fsp3) is 0.615. The Labute approximate surface area is 112 Å². The Hall–Kier alpha value is -1.07. The Balaban J connectivity index is 1.71. The molecule has 1 aromatic rings. The molecule has 1 aliphatic rings. The molecule has 2 heterocycles. The number of hydrogen-bond donors (Lipinski definition) is 2. The van der Waals surface area contributed by atoms with Crippen molar-refractivity contribution in [3.8, 4) is 0 Å². The third-order valence-electron chi connectivity index (χ3n) is 3.31. The van der Waals surface area contributed by atoms with Crippen molar-refractivity contribution in [2.75, 3.05) is 31.9 Å². The van der Waals surface area contributed by atoms with Crippen LogP contribution in [0.2, 0.25) is 0 Å². The van der Waals surface area contributed by atoms with Gasteiger partial charge in [-0.25, -0.2) is 0 Å². The van der Waals surface area contributed by atoms with E-state index >= 15 is 0 Å². The van der Waals surface area contributed by atoms with Crippen molar-refractivity contribution >= 4 is 22.9 Å². The molecular formula is C13H21N3OS. The average molecular weight is 267 g/mol. The van der Waals surface area contributed by atoms with Gasteiger partial charge in [-0.05, 0) is 37.4 Å². The lowest BCUT2D eigenvalue weighted by Crippen LogP contribution is -2.35. The molecule has 0 unspecified atom stereocenters. The van der Waals surface area contributed by atoms with Crippen molar-refractivity contribution in [1.29, 1.82) is 0 Å². The van der Waals surface area contributed by atoms with Crippen LogP contribution in [0.5, 0.6) is 0 Å². The van der Waals surface area contributed by atoms with Gasteiger partial charge in [0.2, 0.25) is 0 Å². The van der Waals surface area contributed by atoms with Gasteiger partial charge in [0.1, 0.15) is 4.88 Å². The Bertz CT molecular complexity index is 383. The summed E-state index contributed by atoms with van der Waals surface area (Å²) in [4.78, 5) is 14.9. The quantitative estimate of drug-likeness (QED) is 0.876. The van der Waals surface area contributed by atoms with Crippen LogP contribution < -0.4 is 11.1 Å². The molecule has 0 aliphatic carbocycles. The highest BCUT2D eigenvalue weighted by Crippen LogP contribution is 2.18. The van der Waals surface area contributed by atoms with Gasteiger partial charge in [0.05, 0.1) is 5.69 Å². The fourth-order valence-electron chi connectivity index (χ4n) is 2.27. The van der Waals surface area contributed by atoms with E-state index in [-0.39, 0.29) is 5.91 Å². The van der Waals surface area contributed by atoms with E-state index in [0.29, 0.717) is 17.1 Å². The van der Waals surface area contributed by atoms with Crippen LogP contribution >= 0.6 is 11.3 Å². The molecule has 1 fully saturated rings. The summed E-state index contributed by atoms with van der Waals surface area (Å²) < 4.78 is 0. The van der Waals surface area contributed by atoms with Crippen LogP contribution in [0.25, 0.3) is 0 Å². The summed E-state index contributed by atoms with van der Waals surface area (Å²) in [5, 5.41) is 4.79. The maximum absolute atomic E-state index is 11.8. The lowest BCUT2D eigenvalue weighted by molar-refractivity contribution is 0.0953. The second-order valence-electron chi connectivity index (χ2n) is 4.72. The molecule has 1 saturated heterocycles. The van der Waals surface area contributed by atoms with E-state index in [0.717, 1.165) is 19.6 Å². The Morgan fingerprint density at radius 3 is 2.67 bits per heavy atom. The molecule has 0 saturated carbocycles. The van der Waals surface area contributed by atoms with Gasteiger partial charge in [-0.15, -0.1) is 11.3 Å². The molecule has 0 bridgehead atoms. The number of rotatable bonds is 4. The van der Waals surface area contributed by atoms with Crippen molar-refractivity contribution in [3.05, 3.63) is 16.3 Å². The Kier molecular flexibility index (Phi) is 5.01. The Morgan fingerprint density at radius 2 is 2.06 bits per heavy atom. The van der Waals surface area contributed by atoms with E-state index in [1.165, 1.54) is 37.0 Å². The minimum atomic E-state index is -0.0441.